The fraction of sp³-hybridized carbons (Fsp3) is 0.200. The first-order valence-corrected chi connectivity index (χ1v) is 5.85. The normalized spacial score (nSPS) is 10.0. The smallest absolute Gasteiger partial charge is 0.125 e. The van der Waals surface area contributed by atoms with Gasteiger partial charge in [-0.3, -0.25) is 0 Å². The van der Waals surface area contributed by atoms with E-state index in [1.807, 2.05) is 18.2 Å². The summed E-state index contributed by atoms with van der Waals surface area (Å²) in [4.78, 5) is 0. The molecular formula is C15H16O4. The fourth-order valence-corrected chi connectivity index (χ4v) is 1.70. The highest BCUT2D eigenvalue weighted by atomic mass is 16.5. The van der Waals surface area contributed by atoms with E-state index in [0.717, 1.165) is 17.1 Å². The molecule has 0 spiro atoms. The molecule has 0 heterocycles. The van der Waals surface area contributed by atoms with E-state index < -0.39 is 0 Å². The second-order valence-electron chi connectivity index (χ2n) is 3.96. The highest BCUT2D eigenvalue weighted by Crippen LogP contribution is 2.25. The molecule has 0 aliphatic carbocycles. The van der Waals surface area contributed by atoms with Crippen molar-refractivity contribution in [1.82, 2.24) is 0 Å². The monoisotopic (exact) mass is 260 g/mol. The quantitative estimate of drug-likeness (QED) is 0.897. The van der Waals surface area contributed by atoms with Crippen LogP contribution in [0.4, 0.5) is 0 Å². The lowest BCUT2D eigenvalue weighted by Crippen LogP contribution is -1.99. The highest BCUT2D eigenvalue weighted by molar-refractivity contribution is 5.40. The third kappa shape index (κ3) is 3.31. The SMILES string of the molecule is COc1ccc(OC)c(COc2ccc(O)cc2)c1. The topological polar surface area (TPSA) is 47.9 Å². The maximum absolute atomic E-state index is 9.20. The standard InChI is InChI=1S/C15H16O4/c1-17-14-7-8-15(18-2)11(9-14)10-19-13-5-3-12(16)4-6-13/h3-9,16H,10H2,1-2H3. The minimum atomic E-state index is 0.214. The lowest BCUT2D eigenvalue weighted by Gasteiger charge is -2.11. The molecular weight excluding hydrogens is 244 g/mol. The first kappa shape index (κ1) is 13.1. The van der Waals surface area contributed by atoms with Crippen LogP contribution in [0.15, 0.2) is 42.5 Å². The number of ether oxygens (including phenoxy) is 3. The number of hydrogen-bond donors (Lipinski definition) is 1. The van der Waals surface area contributed by atoms with Crippen molar-refractivity contribution in [3.63, 3.8) is 0 Å². The van der Waals surface area contributed by atoms with Crippen molar-refractivity contribution in [2.24, 2.45) is 0 Å². The molecule has 100 valence electrons. The van der Waals surface area contributed by atoms with E-state index >= 15 is 0 Å². The lowest BCUT2D eigenvalue weighted by molar-refractivity contribution is 0.295. The fourth-order valence-electron chi connectivity index (χ4n) is 1.70. The Morgan fingerprint density at radius 1 is 0.895 bits per heavy atom. The van der Waals surface area contributed by atoms with Gasteiger partial charge in [0.2, 0.25) is 0 Å². The third-order valence-corrected chi connectivity index (χ3v) is 2.72. The molecule has 2 aromatic carbocycles. The Morgan fingerprint density at radius 2 is 1.58 bits per heavy atom. The summed E-state index contributed by atoms with van der Waals surface area (Å²) in [5.41, 5.74) is 0.898. The number of rotatable bonds is 5. The first-order chi connectivity index (χ1) is 9.22. The van der Waals surface area contributed by atoms with Crippen LogP contribution in [0.5, 0.6) is 23.0 Å². The summed E-state index contributed by atoms with van der Waals surface area (Å²) in [5, 5.41) is 9.20. The van der Waals surface area contributed by atoms with Crippen LogP contribution in [0, 0.1) is 0 Å². The van der Waals surface area contributed by atoms with Crippen LogP contribution < -0.4 is 14.2 Å². The average molecular weight is 260 g/mol. The van der Waals surface area contributed by atoms with Gasteiger partial charge >= 0.3 is 0 Å². The van der Waals surface area contributed by atoms with E-state index in [2.05, 4.69) is 0 Å². The Kier molecular flexibility index (Phi) is 4.13. The molecule has 0 fully saturated rings. The summed E-state index contributed by atoms with van der Waals surface area (Å²) in [6.45, 7) is 0.366. The predicted octanol–water partition coefficient (Wildman–Crippen LogP) is 2.99. The van der Waals surface area contributed by atoms with Crippen LogP contribution >= 0.6 is 0 Å². The average Bonchev–Trinajstić information content (AvgIpc) is 2.46. The zero-order valence-corrected chi connectivity index (χ0v) is 10.9. The maximum Gasteiger partial charge on any atom is 0.125 e. The zero-order chi connectivity index (χ0) is 13.7. The van der Waals surface area contributed by atoms with E-state index in [0.29, 0.717) is 12.4 Å². The van der Waals surface area contributed by atoms with Gasteiger partial charge in [0.25, 0.3) is 0 Å². The van der Waals surface area contributed by atoms with Gasteiger partial charge in [-0.1, -0.05) is 0 Å². The summed E-state index contributed by atoms with van der Waals surface area (Å²) < 4.78 is 16.1. The van der Waals surface area contributed by atoms with Gasteiger partial charge in [0.15, 0.2) is 0 Å². The molecule has 0 amide bonds. The number of benzene rings is 2. The number of hydrogen-bond acceptors (Lipinski definition) is 4. The van der Waals surface area contributed by atoms with Crippen molar-refractivity contribution >= 4 is 0 Å². The van der Waals surface area contributed by atoms with Crippen molar-refractivity contribution in [3.8, 4) is 23.0 Å². The second-order valence-corrected chi connectivity index (χ2v) is 3.96. The molecule has 1 N–H and O–H groups in total. The molecule has 2 rings (SSSR count). The van der Waals surface area contributed by atoms with Crippen LogP contribution in [0.3, 0.4) is 0 Å². The van der Waals surface area contributed by atoms with E-state index in [1.54, 1.807) is 38.5 Å². The van der Waals surface area contributed by atoms with E-state index in [4.69, 9.17) is 14.2 Å². The van der Waals surface area contributed by atoms with Crippen molar-refractivity contribution in [2.75, 3.05) is 14.2 Å². The van der Waals surface area contributed by atoms with Gasteiger partial charge in [-0.15, -0.1) is 0 Å². The molecule has 19 heavy (non-hydrogen) atoms. The summed E-state index contributed by atoms with van der Waals surface area (Å²) in [6, 6.07) is 12.1. The molecule has 0 aliphatic rings. The molecule has 0 saturated heterocycles. The van der Waals surface area contributed by atoms with Crippen molar-refractivity contribution < 1.29 is 19.3 Å². The summed E-state index contributed by atoms with van der Waals surface area (Å²) in [5.74, 6) is 2.40. The van der Waals surface area contributed by atoms with Gasteiger partial charge in [0.05, 0.1) is 14.2 Å². The summed E-state index contributed by atoms with van der Waals surface area (Å²) in [7, 11) is 3.23. The van der Waals surface area contributed by atoms with E-state index in [9.17, 15) is 5.11 Å². The van der Waals surface area contributed by atoms with Gasteiger partial charge < -0.3 is 19.3 Å². The molecule has 0 aromatic heterocycles. The lowest BCUT2D eigenvalue weighted by atomic mass is 10.2. The molecule has 2 aromatic rings. The van der Waals surface area contributed by atoms with Crippen LogP contribution in [-0.2, 0) is 6.61 Å². The van der Waals surface area contributed by atoms with Gasteiger partial charge in [-0.2, -0.15) is 0 Å². The molecule has 0 radical (unpaired) electrons. The first-order valence-electron chi connectivity index (χ1n) is 5.85. The van der Waals surface area contributed by atoms with Crippen LogP contribution in [-0.4, -0.2) is 19.3 Å². The summed E-state index contributed by atoms with van der Waals surface area (Å²) >= 11 is 0. The van der Waals surface area contributed by atoms with Crippen molar-refractivity contribution in [1.29, 1.82) is 0 Å². The number of methoxy groups -OCH3 is 2. The molecule has 0 unspecified atom stereocenters. The minimum absolute atomic E-state index is 0.214. The Labute approximate surface area is 112 Å². The van der Waals surface area contributed by atoms with Gasteiger partial charge in [0.1, 0.15) is 29.6 Å². The maximum atomic E-state index is 9.20. The molecule has 0 aliphatic heterocycles. The number of phenolic OH excluding ortho intramolecular Hbond substituents is 1. The Hall–Kier alpha value is -2.36. The zero-order valence-electron chi connectivity index (χ0n) is 10.9. The molecule has 0 saturated carbocycles. The Morgan fingerprint density at radius 3 is 2.21 bits per heavy atom. The Balaban J connectivity index is 2.11. The minimum Gasteiger partial charge on any atom is -0.508 e. The second kappa shape index (κ2) is 6.00. The third-order valence-electron chi connectivity index (χ3n) is 2.72. The molecule has 0 atom stereocenters. The highest BCUT2D eigenvalue weighted by Gasteiger charge is 2.06. The van der Waals surface area contributed by atoms with Crippen molar-refractivity contribution in [2.45, 2.75) is 6.61 Å². The largest absolute Gasteiger partial charge is 0.508 e. The van der Waals surface area contributed by atoms with Crippen LogP contribution in [0.1, 0.15) is 5.56 Å². The number of aromatic hydroxyl groups is 1. The predicted molar refractivity (Wildman–Crippen MR) is 72.0 cm³/mol. The van der Waals surface area contributed by atoms with E-state index in [1.165, 1.54) is 0 Å². The molecule has 4 nitrogen and oxygen atoms in total. The van der Waals surface area contributed by atoms with Gasteiger partial charge in [0, 0.05) is 5.56 Å². The van der Waals surface area contributed by atoms with Gasteiger partial charge in [-0.25, -0.2) is 0 Å². The molecule has 4 heteroatoms. The molecule has 0 bridgehead atoms. The number of phenols is 1. The summed E-state index contributed by atoms with van der Waals surface area (Å²) in [6.07, 6.45) is 0. The Bertz CT molecular complexity index is 534. The van der Waals surface area contributed by atoms with Gasteiger partial charge in [-0.05, 0) is 42.5 Å². The van der Waals surface area contributed by atoms with E-state index in [-0.39, 0.29) is 5.75 Å². The van der Waals surface area contributed by atoms with Crippen LogP contribution in [0.25, 0.3) is 0 Å². The van der Waals surface area contributed by atoms with Crippen LogP contribution in [0.2, 0.25) is 0 Å². The van der Waals surface area contributed by atoms with Crippen molar-refractivity contribution in [3.05, 3.63) is 48.0 Å².